The normalized spacial score (nSPS) is 26.1. The molecule has 0 saturated carbocycles. The first-order valence-electron chi connectivity index (χ1n) is 5.81. The summed E-state index contributed by atoms with van der Waals surface area (Å²) in [7, 11) is 0. The van der Waals surface area contributed by atoms with Crippen molar-refractivity contribution >= 4 is 12.0 Å². The van der Waals surface area contributed by atoms with Gasteiger partial charge in [-0.3, -0.25) is 0 Å². The van der Waals surface area contributed by atoms with Gasteiger partial charge in [-0.05, 0) is 12.8 Å². The summed E-state index contributed by atoms with van der Waals surface area (Å²) in [6, 6.07) is -1.38. The van der Waals surface area contributed by atoms with Gasteiger partial charge in [0.05, 0.1) is 6.10 Å². The molecule has 1 rings (SSSR count). The molecule has 1 fully saturated rings. The van der Waals surface area contributed by atoms with Crippen LogP contribution in [0.1, 0.15) is 27.2 Å². The average Bonchev–Trinajstić information content (AvgIpc) is 2.60. The predicted octanol–water partition coefficient (Wildman–Crippen LogP) is 0.260. The average molecular weight is 244 g/mol. The molecule has 6 nitrogen and oxygen atoms in total. The summed E-state index contributed by atoms with van der Waals surface area (Å²) < 4.78 is 0. The minimum absolute atomic E-state index is 0.0327. The van der Waals surface area contributed by atoms with Crippen LogP contribution in [-0.2, 0) is 4.79 Å². The number of carbonyl (C=O) groups excluding carboxylic acids is 1. The van der Waals surface area contributed by atoms with E-state index in [0.717, 1.165) is 0 Å². The van der Waals surface area contributed by atoms with Crippen molar-refractivity contribution in [2.75, 3.05) is 6.54 Å². The number of aliphatic hydroxyl groups excluding tert-OH is 1. The van der Waals surface area contributed by atoms with Gasteiger partial charge < -0.3 is 20.4 Å². The molecule has 0 aromatic carbocycles. The number of aliphatic hydroxyl groups is 1. The second-order valence-corrected chi connectivity index (χ2v) is 4.88. The third-order valence-electron chi connectivity index (χ3n) is 3.18. The Balaban J connectivity index is 2.64. The van der Waals surface area contributed by atoms with Crippen molar-refractivity contribution in [2.45, 2.75) is 45.4 Å². The van der Waals surface area contributed by atoms with Crippen LogP contribution in [0, 0.1) is 5.92 Å². The Labute approximate surface area is 101 Å². The molecule has 1 aliphatic rings. The second-order valence-electron chi connectivity index (χ2n) is 4.88. The quantitative estimate of drug-likeness (QED) is 0.664. The fourth-order valence-electron chi connectivity index (χ4n) is 1.72. The fourth-order valence-corrected chi connectivity index (χ4v) is 1.72. The van der Waals surface area contributed by atoms with Crippen LogP contribution in [0.5, 0.6) is 0 Å². The van der Waals surface area contributed by atoms with Crippen LogP contribution in [0.2, 0.25) is 0 Å². The van der Waals surface area contributed by atoms with E-state index in [2.05, 4.69) is 5.32 Å². The summed E-state index contributed by atoms with van der Waals surface area (Å²) in [5.41, 5.74) is 0. The molecule has 2 amide bonds. The molecule has 0 aromatic heterocycles. The molecule has 1 heterocycles. The maximum Gasteiger partial charge on any atom is 0.326 e. The standard InChI is InChI=1S/C11H20N2O4/c1-6(2)7(3)12-11(17)13-5-8(14)4-9(13)10(15)16/h6-9,14H,4-5H2,1-3H3,(H,12,17)(H,15,16)/t7?,8-,9-/m0/s1. The molecule has 0 aliphatic carbocycles. The van der Waals surface area contributed by atoms with Crippen LogP contribution in [-0.4, -0.2) is 51.8 Å². The van der Waals surface area contributed by atoms with Crippen molar-refractivity contribution < 1.29 is 19.8 Å². The van der Waals surface area contributed by atoms with Crippen molar-refractivity contribution in [1.29, 1.82) is 0 Å². The maximum atomic E-state index is 11.9. The van der Waals surface area contributed by atoms with Gasteiger partial charge in [-0.15, -0.1) is 0 Å². The molecular formula is C11H20N2O4. The van der Waals surface area contributed by atoms with Crippen LogP contribution in [0.15, 0.2) is 0 Å². The molecule has 17 heavy (non-hydrogen) atoms. The number of β-amino-alcohol motifs (C(OH)–C–C–N with tert-alkyl or cyclic N) is 1. The van der Waals surface area contributed by atoms with Crippen LogP contribution in [0.4, 0.5) is 4.79 Å². The second kappa shape index (κ2) is 5.35. The van der Waals surface area contributed by atoms with Crippen molar-refractivity contribution in [3.63, 3.8) is 0 Å². The minimum Gasteiger partial charge on any atom is -0.480 e. The largest absolute Gasteiger partial charge is 0.480 e. The number of nitrogens with one attached hydrogen (secondary N) is 1. The van der Waals surface area contributed by atoms with E-state index in [1.807, 2.05) is 20.8 Å². The van der Waals surface area contributed by atoms with E-state index in [-0.39, 0.29) is 24.9 Å². The van der Waals surface area contributed by atoms with Crippen LogP contribution in [0.3, 0.4) is 0 Å². The van der Waals surface area contributed by atoms with Crippen LogP contribution < -0.4 is 5.32 Å². The molecule has 98 valence electrons. The van der Waals surface area contributed by atoms with Gasteiger partial charge in [0, 0.05) is 19.0 Å². The number of carbonyl (C=O) groups is 2. The van der Waals surface area contributed by atoms with E-state index in [9.17, 15) is 14.7 Å². The monoisotopic (exact) mass is 244 g/mol. The molecule has 0 bridgehead atoms. The highest BCUT2D eigenvalue weighted by Gasteiger charge is 2.39. The number of urea groups is 1. The Bertz CT molecular complexity index is 306. The zero-order chi connectivity index (χ0) is 13.2. The van der Waals surface area contributed by atoms with E-state index in [1.165, 1.54) is 4.90 Å². The van der Waals surface area contributed by atoms with E-state index < -0.39 is 24.1 Å². The number of carboxylic acid groups (broad SMARTS) is 1. The van der Waals surface area contributed by atoms with Gasteiger partial charge in [0.15, 0.2) is 0 Å². The van der Waals surface area contributed by atoms with Gasteiger partial charge in [-0.2, -0.15) is 0 Å². The van der Waals surface area contributed by atoms with Gasteiger partial charge in [0.25, 0.3) is 0 Å². The first kappa shape index (κ1) is 13.8. The van der Waals surface area contributed by atoms with E-state index >= 15 is 0 Å². The number of nitrogens with zero attached hydrogens (tertiary/aromatic N) is 1. The van der Waals surface area contributed by atoms with Crippen molar-refractivity contribution in [3.05, 3.63) is 0 Å². The Hall–Kier alpha value is -1.30. The molecule has 0 radical (unpaired) electrons. The van der Waals surface area contributed by atoms with Gasteiger partial charge in [0.2, 0.25) is 0 Å². The molecule has 6 heteroatoms. The predicted molar refractivity (Wildman–Crippen MR) is 61.6 cm³/mol. The molecular weight excluding hydrogens is 224 g/mol. The lowest BCUT2D eigenvalue weighted by molar-refractivity contribution is -0.141. The summed E-state index contributed by atoms with van der Waals surface area (Å²) in [6.07, 6.45) is -0.657. The van der Waals surface area contributed by atoms with E-state index in [0.29, 0.717) is 0 Å². The SMILES string of the molecule is CC(C)C(C)NC(=O)N1C[C@@H](O)C[C@H]1C(=O)O. The number of likely N-dealkylation sites (tertiary alicyclic amines) is 1. The Morgan fingerprint density at radius 1 is 1.35 bits per heavy atom. The fraction of sp³-hybridized carbons (Fsp3) is 0.818. The third kappa shape index (κ3) is 3.33. The summed E-state index contributed by atoms with van der Waals surface area (Å²) in [5, 5.41) is 21.1. The molecule has 0 spiro atoms. The summed E-state index contributed by atoms with van der Waals surface area (Å²) in [5.74, 6) is -0.802. The highest BCUT2D eigenvalue weighted by Crippen LogP contribution is 2.18. The third-order valence-corrected chi connectivity index (χ3v) is 3.18. The molecule has 3 N–H and O–H groups in total. The number of aliphatic carboxylic acids is 1. The summed E-state index contributed by atoms with van der Waals surface area (Å²) >= 11 is 0. The van der Waals surface area contributed by atoms with Crippen molar-refractivity contribution in [2.24, 2.45) is 5.92 Å². The number of carboxylic acids is 1. The highest BCUT2D eigenvalue weighted by atomic mass is 16.4. The first-order chi connectivity index (χ1) is 7.82. The zero-order valence-electron chi connectivity index (χ0n) is 10.4. The molecule has 1 aliphatic heterocycles. The van der Waals surface area contributed by atoms with Crippen molar-refractivity contribution in [1.82, 2.24) is 10.2 Å². The topological polar surface area (TPSA) is 89.9 Å². The van der Waals surface area contributed by atoms with Crippen LogP contribution >= 0.6 is 0 Å². The molecule has 1 unspecified atom stereocenters. The molecule has 1 saturated heterocycles. The van der Waals surface area contributed by atoms with Gasteiger partial charge >= 0.3 is 12.0 Å². The molecule has 0 aromatic rings. The first-order valence-corrected chi connectivity index (χ1v) is 5.81. The Morgan fingerprint density at radius 2 is 1.94 bits per heavy atom. The zero-order valence-corrected chi connectivity index (χ0v) is 10.4. The maximum absolute atomic E-state index is 11.9. The Morgan fingerprint density at radius 3 is 2.41 bits per heavy atom. The number of hydrogen-bond acceptors (Lipinski definition) is 3. The summed E-state index contributed by atoms with van der Waals surface area (Å²) in [4.78, 5) is 24.0. The number of hydrogen-bond donors (Lipinski definition) is 3. The van der Waals surface area contributed by atoms with Gasteiger partial charge in [0.1, 0.15) is 6.04 Å². The number of rotatable bonds is 3. The minimum atomic E-state index is -1.08. The van der Waals surface area contributed by atoms with E-state index in [1.54, 1.807) is 0 Å². The van der Waals surface area contributed by atoms with Gasteiger partial charge in [-0.1, -0.05) is 13.8 Å². The lowest BCUT2D eigenvalue weighted by atomic mass is 10.1. The number of amides is 2. The Kier molecular flexibility index (Phi) is 4.34. The van der Waals surface area contributed by atoms with Crippen molar-refractivity contribution in [3.8, 4) is 0 Å². The van der Waals surface area contributed by atoms with E-state index in [4.69, 9.17) is 5.11 Å². The smallest absolute Gasteiger partial charge is 0.326 e. The van der Waals surface area contributed by atoms with Gasteiger partial charge in [-0.25, -0.2) is 9.59 Å². The lowest BCUT2D eigenvalue weighted by Gasteiger charge is -2.25. The van der Waals surface area contributed by atoms with Crippen LogP contribution in [0.25, 0.3) is 0 Å². The summed E-state index contributed by atoms with van der Waals surface area (Å²) in [6.45, 7) is 5.88. The lowest BCUT2D eigenvalue weighted by Crippen LogP contribution is -2.49. The molecule has 3 atom stereocenters. The highest BCUT2D eigenvalue weighted by molar-refractivity contribution is 5.83.